The number of aromatic amines is 1. The summed E-state index contributed by atoms with van der Waals surface area (Å²) in [6.07, 6.45) is 10.8. The number of H-pyrrole nitrogens is 1. The summed E-state index contributed by atoms with van der Waals surface area (Å²) in [6.45, 7) is 2.10. The van der Waals surface area contributed by atoms with Gasteiger partial charge in [0.2, 0.25) is 5.82 Å². The van der Waals surface area contributed by atoms with Crippen LogP contribution in [0.25, 0.3) is 28.0 Å². The first-order chi connectivity index (χ1) is 19.6. The second kappa shape index (κ2) is 9.86. The van der Waals surface area contributed by atoms with Gasteiger partial charge in [-0.2, -0.15) is 9.61 Å². The van der Waals surface area contributed by atoms with Crippen molar-refractivity contribution >= 4 is 17.4 Å². The van der Waals surface area contributed by atoms with Crippen LogP contribution in [0.15, 0.2) is 61.2 Å². The molecule has 1 aromatic carbocycles. The number of nitrogens with two attached hydrogens (primary N) is 1. The fourth-order valence-corrected chi connectivity index (χ4v) is 6.08. The summed E-state index contributed by atoms with van der Waals surface area (Å²) in [6, 6.07) is 14.5. The minimum Gasteiger partial charge on any atom is -0.383 e. The molecule has 2 unspecified atom stereocenters. The molecule has 7 rings (SSSR count). The van der Waals surface area contributed by atoms with Gasteiger partial charge < -0.3 is 15.6 Å². The predicted molar refractivity (Wildman–Crippen MR) is 151 cm³/mol. The van der Waals surface area contributed by atoms with Gasteiger partial charge in [0.25, 0.3) is 5.91 Å². The van der Waals surface area contributed by atoms with Crippen molar-refractivity contribution in [3.8, 4) is 22.4 Å². The smallest absolute Gasteiger partial charge is 0.292 e. The molecule has 40 heavy (non-hydrogen) atoms. The van der Waals surface area contributed by atoms with Crippen LogP contribution < -0.4 is 5.73 Å². The van der Waals surface area contributed by atoms with Crippen LogP contribution in [0.3, 0.4) is 0 Å². The number of carbonyl (C=O) groups excluding carboxylic acids is 1. The van der Waals surface area contributed by atoms with E-state index in [4.69, 9.17) is 15.7 Å². The molecule has 4 aromatic heterocycles. The second-order valence-electron chi connectivity index (χ2n) is 10.9. The molecule has 5 aromatic rings. The van der Waals surface area contributed by atoms with Crippen molar-refractivity contribution in [2.45, 2.75) is 63.5 Å². The highest BCUT2D eigenvalue weighted by Crippen LogP contribution is 2.45. The summed E-state index contributed by atoms with van der Waals surface area (Å²) in [5.74, 6) is 1.28. The van der Waals surface area contributed by atoms with Crippen LogP contribution in [0.1, 0.15) is 66.8 Å². The molecule has 202 valence electrons. The number of hydrogen-bond acceptors (Lipinski definition) is 7. The Bertz CT molecular complexity index is 1660. The zero-order valence-corrected chi connectivity index (χ0v) is 22.4. The lowest BCUT2D eigenvalue weighted by molar-refractivity contribution is 0.0660. The summed E-state index contributed by atoms with van der Waals surface area (Å²) in [5, 5.41) is 12.4. The van der Waals surface area contributed by atoms with E-state index in [1.54, 1.807) is 4.52 Å². The summed E-state index contributed by atoms with van der Waals surface area (Å²) < 4.78 is 1.77. The Kier molecular flexibility index (Phi) is 6.02. The summed E-state index contributed by atoms with van der Waals surface area (Å²) in [7, 11) is 0. The number of fused-ring (bicyclic) bond motifs is 1. The lowest BCUT2D eigenvalue weighted by Crippen LogP contribution is -2.40. The number of nitrogen functional groups attached to an aromatic ring is 1. The van der Waals surface area contributed by atoms with Crippen molar-refractivity contribution in [1.29, 1.82) is 0 Å². The van der Waals surface area contributed by atoms with Crippen molar-refractivity contribution in [2.75, 3.05) is 5.73 Å². The molecular formula is C30H31N9O. The number of likely N-dealkylation sites (tertiary alicyclic amines) is 1. The van der Waals surface area contributed by atoms with Crippen molar-refractivity contribution < 1.29 is 4.79 Å². The van der Waals surface area contributed by atoms with E-state index in [1.165, 1.54) is 6.33 Å². The summed E-state index contributed by atoms with van der Waals surface area (Å²) in [4.78, 5) is 27.9. The third kappa shape index (κ3) is 4.29. The Balaban J connectivity index is 1.20. The van der Waals surface area contributed by atoms with E-state index >= 15 is 0 Å². The molecule has 1 aliphatic heterocycles. The third-order valence-corrected chi connectivity index (χ3v) is 8.28. The predicted octanol–water partition coefficient (Wildman–Crippen LogP) is 4.66. The molecule has 2 fully saturated rings. The molecule has 10 heteroatoms. The molecule has 1 saturated carbocycles. The van der Waals surface area contributed by atoms with Gasteiger partial charge in [-0.15, -0.1) is 10.2 Å². The van der Waals surface area contributed by atoms with Gasteiger partial charge in [-0.05, 0) is 57.4 Å². The van der Waals surface area contributed by atoms with Crippen molar-refractivity contribution in [3.63, 3.8) is 0 Å². The topological polar surface area (TPSA) is 131 Å². The van der Waals surface area contributed by atoms with Gasteiger partial charge in [-0.3, -0.25) is 9.78 Å². The van der Waals surface area contributed by atoms with Crippen molar-refractivity contribution in [3.05, 3.63) is 78.3 Å². The van der Waals surface area contributed by atoms with E-state index in [0.717, 1.165) is 77.8 Å². The maximum absolute atomic E-state index is 13.2. The molecule has 3 N–H and O–H groups in total. The Labute approximate surface area is 231 Å². The number of aromatic nitrogens is 7. The van der Waals surface area contributed by atoms with Crippen LogP contribution in [0.5, 0.6) is 0 Å². The molecule has 2 atom stereocenters. The van der Waals surface area contributed by atoms with E-state index < -0.39 is 0 Å². The van der Waals surface area contributed by atoms with Crippen LogP contribution >= 0.6 is 0 Å². The van der Waals surface area contributed by atoms with E-state index in [9.17, 15) is 4.79 Å². The zero-order chi connectivity index (χ0) is 27.2. The number of rotatable bonds is 7. The van der Waals surface area contributed by atoms with Gasteiger partial charge >= 0.3 is 0 Å². The van der Waals surface area contributed by atoms with Crippen LogP contribution in [0.2, 0.25) is 0 Å². The SMILES string of the molecule is CC1CCC(CCc2nc3c(-c4ccc(-c5ccccc5)nc4)cnn3c(N)c2C2CC2)N1C(=O)c1nnc[nH]1. The quantitative estimate of drug-likeness (QED) is 0.311. The third-order valence-electron chi connectivity index (χ3n) is 8.28. The normalized spacial score (nSPS) is 19.0. The van der Waals surface area contributed by atoms with Crippen LogP contribution in [-0.4, -0.2) is 57.7 Å². The van der Waals surface area contributed by atoms with Crippen LogP contribution in [0, 0.1) is 0 Å². The van der Waals surface area contributed by atoms with Crippen LogP contribution in [0.4, 0.5) is 5.82 Å². The van der Waals surface area contributed by atoms with E-state index in [2.05, 4.69) is 45.4 Å². The maximum atomic E-state index is 13.2. The van der Waals surface area contributed by atoms with Gasteiger partial charge in [0, 0.05) is 40.5 Å². The summed E-state index contributed by atoms with van der Waals surface area (Å²) >= 11 is 0. The number of pyridine rings is 1. The number of amides is 1. The summed E-state index contributed by atoms with van der Waals surface area (Å²) in [5.41, 5.74) is 13.5. The highest BCUT2D eigenvalue weighted by molar-refractivity contribution is 5.91. The van der Waals surface area contributed by atoms with Crippen molar-refractivity contribution in [2.24, 2.45) is 0 Å². The van der Waals surface area contributed by atoms with Crippen molar-refractivity contribution in [1.82, 2.24) is 39.7 Å². The minimum atomic E-state index is -0.0950. The Morgan fingerprint density at radius 1 is 1.05 bits per heavy atom. The highest BCUT2D eigenvalue weighted by Gasteiger charge is 2.37. The fraction of sp³-hybridized carbons (Fsp3) is 0.333. The molecule has 1 amide bonds. The largest absolute Gasteiger partial charge is 0.383 e. The van der Waals surface area contributed by atoms with Gasteiger partial charge in [-0.1, -0.05) is 36.4 Å². The highest BCUT2D eigenvalue weighted by atomic mass is 16.2. The molecule has 0 bridgehead atoms. The number of hydrogen-bond donors (Lipinski definition) is 2. The van der Waals surface area contributed by atoms with Gasteiger partial charge in [-0.25, -0.2) is 4.98 Å². The van der Waals surface area contributed by atoms with Gasteiger partial charge in [0.1, 0.15) is 12.1 Å². The van der Waals surface area contributed by atoms with E-state index in [-0.39, 0.29) is 23.8 Å². The minimum absolute atomic E-state index is 0.0950. The van der Waals surface area contributed by atoms with Crippen LogP contribution in [-0.2, 0) is 6.42 Å². The molecule has 2 aliphatic rings. The molecule has 1 aliphatic carbocycles. The lowest BCUT2D eigenvalue weighted by atomic mass is 10.0. The molecule has 0 spiro atoms. The fourth-order valence-electron chi connectivity index (χ4n) is 6.08. The Morgan fingerprint density at radius 3 is 2.62 bits per heavy atom. The second-order valence-corrected chi connectivity index (χ2v) is 10.9. The molecular weight excluding hydrogens is 502 g/mol. The van der Waals surface area contributed by atoms with E-state index in [1.807, 2.05) is 41.6 Å². The Morgan fingerprint density at radius 2 is 1.90 bits per heavy atom. The molecule has 5 heterocycles. The first-order valence-electron chi connectivity index (χ1n) is 13.9. The zero-order valence-electron chi connectivity index (χ0n) is 22.4. The van der Waals surface area contributed by atoms with Gasteiger partial charge in [0.05, 0.1) is 17.6 Å². The number of nitrogens with zero attached hydrogens (tertiary/aromatic N) is 7. The number of nitrogens with one attached hydrogen (secondary N) is 1. The lowest BCUT2D eigenvalue weighted by Gasteiger charge is -2.28. The molecule has 0 radical (unpaired) electrons. The first-order valence-corrected chi connectivity index (χ1v) is 13.9. The standard InChI is InChI=1S/C30H31N9O/c1-18-7-11-22(38(18)30(40)28-33-17-34-37-28)12-14-25-26(20-8-9-20)27(31)39-29(36-25)23(16-35-39)21-10-13-24(32-15-21)19-5-3-2-4-6-19/h2-6,10,13,15-18,20,22H,7-9,11-12,14,31H2,1H3,(H,33,34,37). The number of aryl methyl sites for hydroxylation is 1. The number of anilines is 1. The Hall–Kier alpha value is -4.60. The first kappa shape index (κ1) is 24.4. The average molecular weight is 534 g/mol. The number of carbonyl (C=O) groups is 1. The average Bonchev–Trinajstić information content (AvgIpc) is 3.35. The number of benzene rings is 1. The molecule has 1 saturated heterocycles. The maximum Gasteiger partial charge on any atom is 0.292 e. The monoisotopic (exact) mass is 533 g/mol. The molecule has 10 nitrogen and oxygen atoms in total. The van der Waals surface area contributed by atoms with E-state index in [0.29, 0.717) is 11.7 Å². The van der Waals surface area contributed by atoms with Gasteiger partial charge in [0.15, 0.2) is 5.65 Å².